The zero-order chi connectivity index (χ0) is 15.7. The Bertz CT molecular complexity index is 889. The lowest BCUT2D eigenvalue weighted by Gasteiger charge is -2.05. The maximum atomic E-state index is 12.3. The van der Waals surface area contributed by atoms with Gasteiger partial charge in [0.25, 0.3) is 11.6 Å². The molecule has 3 aromatic rings. The number of amides is 1. The molecule has 0 spiro atoms. The van der Waals surface area contributed by atoms with Crippen LogP contribution in [0.2, 0.25) is 5.02 Å². The van der Waals surface area contributed by atoms with Crippen molar-refractivity contribution in [1.29, 1.82) is 0 Å². The lowest BCUT2D eigenvalue weighted by Crippen LogP contribution is -2.11. The molecule has 0 radical (unpaired) electrons. The lowest BCUT2D eigenvalue weighted by molar-refractivity contribution is -0.384. The van der Waals surface area contributed by atoms with E-state index in [9.17, 15) is 14.9 Å². The molecule has 1 heterocycles. The summed E-state index contributed by atoms with van der Waals surface area (Å²) in [5.74, 6) is -0.353. The number of fused-ring (bicyclic) bond motifs is 1. The van der Waals surface area contributed by atoms with Gasteiger partial charge in [-0.3, -0.25) is 14.9 Å². The third-order valence-corrected chi connectivity index (χ3v) is 3.55. The Morgan fingerprint density at radius 2 is 2.00 bits per heavy atom. The molecule has 0 bridgehead atoms. The van der Waals surface area contributed by atoms with Crippen LogP contribution in [0.15, 0.2) is 48.7 Å². The van der Waals surface area contributed by atoms with Crippen molar-refractivity contribution in [2.24, 2.45) is 0 Å². The monoisotopic (exact) mass is 315 g/mol. The number of anilines is 1. The van der Waals surface area contributed by atoms with E-state index >= 15 is 0 Å². The molecule has 0 saturated heterocycles. The van der Waals surface area contributed by atoms with Gasteiger partial charge in [0.05, 0.1) is 10.5 Å². The van der Waals surface area contributed by atoms with E-state index in [4.69, 9.17) is 11.6 Å². The highest BCUT2D eigenvalue weighted by molar-refractivity contribution is 6.32. The second kappa shape index (κ2) is 5.50. The van der Waals surface area contributed by atoms with Crippen LogP contribution in [0.5, 0.6) is 0 Å². The first-order valence-electron chi connectivity index (χ1n) is 6.37. The number of nitrogens with zero attached hydrogens (tertiary/aromatic N) is 1. The Morgan fingerprint density at radius 3 is 2.77 bits per heavy atom. The van der Waals surface area contributed by atoms with Gasteiger partial charge in [-0.15, -0.1) is 0 Å². The van der Waals surface area contributed by atoms with Crippen molar-refractivity contribution in [3.8, 4) is 0 Å². The van der Waals surface area contributed by atoms with Crippen molar-refractivity contribution in [2.75, 3.05) is 5.32 Å². The fraction of sp³-hybridized carbons (Fsp3) is 0. The molecule has 3 rings (SSSR count). The van der Waals surface area contributed by atoms with E-state index < -0.39 is 4.92 Å². The summed E-state index contributed by atoms with van der Waals surface area (Å²) in [6, 6.07) is 11.5. The normalized spacial score (nSPS) is 10.6. The van der Waals surface area contributed by atoms with Crippen LogP contribution in [0.3, 0.4) is 0 Å². The first-order chi connectivity index (χ1) is 10.6. The topological polar surface area (TPSA) is 88.0 Å². The van der Waals surface area contributed by atoms with Crippen LogP contribution in [0.25, 0.3) is 10.9 Å². The highest BCUT2D eigenvalue weighted by Gasteiger charge is 2.16. The molecule has 0 aliphatic heterocycles. The van der Waals surface area contributed by atoms with Gasteiger partial charge in [0.2, 0.25) is 0 Å². The number of hydrogen-bond acceptors (Lipinski definition) is 3. The Kier molecular flexibility index (Phi) is 3.52. The van der Waals surface area contributed by atoms with E-state index in [1.165, 1.54) is 18.2 Å². The number of nitrogens with one attached hydrogen (secondary N) is 2. The number of rotatable bonds is 3. The number of nitro benzene ring substituents is 1. The van der Waals surface area contributed by atoms with Gasteiger partial charge in [0, 0.05) is 28.9 Å². The largest absolute Gasteiger partial charge is 0.360 e. The number of para-hydroxylation sites is 1. The number of benzene rings is 2. The molecular weight excluding hydrogens is 306 g/mol. The van der Waals surface area contributed by atoms with E-state index in [-0.39, 0.29) is 16.6 Å². The maximum absolute atomic E-state index is 12.3. The fourth-order valence-electron chi connectivity index (χ4n) is 2.19. The molecule has 1 aromatic heterocycles. The van der Waals surface area contributed by atoms with Gasteiger partial charge in [-0.2, -0.15) is 0 Å². The minimum atomic E-state index is -0.594. The van der Waals surface area contributed by atoms with Crippen molar-refractivity contribution in [1.82, 2.24) is 4.98 Å². The Morgan fingerprint density at radius 1 is 1.23 bits per heavy atom. The Balaban J connectivity index is 1.91. The van der Waals surface area contributed by atoms with Crippen molar-refractivity contribution < 1.29 is 9.72 Å². The van der Waals surface area contributed by atoms with Gasteiger partial charge in [-0.1, -0.05) is 29.8 Å². The molecule has 22 heavy (non-hydrogen) atoms. The average Bonchev–Trinajstić information content (AvgIpc) is 2.93. The van der Waals surface area contributed by atoms with E-state index in [1.54, 1.807) is 6.20 Å². The summed E-state index contributed by atoms with van der Waals surface area (Å²) >= 11 is 5.75. The minimum absolute atomic E-state index is 0.0232. The van der Waals surface area contributed by atoms with E-state index in [2.05, 4.69) is 10.3 Å². The van der Waals surface area contributed by atoms with Crippen LogP contribution in [0.4, 0.5) is 11.4 Å². The Labute approximate surface area is 129 Å². The van der Waals surface area contributed by atoms with Crippen molar-refractivity contribution in [3.63, 3.8) is 0 Å². The van der Waals surface area contributed by atoms with Crippen LogP contribution in [-0.4, -0.2) is 15.8 Å². The van der Waals surface area contributed by atoms with E-state index in [0.717, 1.165) is 10.9 Å². The smallest absolute Gasteiger partial charge is 0.289 e. The summed E-state index contributed by atoms with van der Waals surface area (Å²) in [5, 5.41) is 14.3. The standard InChI is InChI=1S/C15H10ClN3O3/c16-12-6-5-9(7-14(12)19(21)22)18-15(20)11-8-17-13-4-2-1-3-10(11)13/h1-8,17H,(H,18,20). The predicted octanol–water partition coefficient (Wildman–Crippen LogP) is 3.98. The number of H-pyrrole nitrogens is 1. The molecule has 0 fully saturated rings. The summed E-state index contributed by atoms with van der Waals surface area (Å²) in [6.07, 6.45) is 1.60. The number of nitro groups is 1. The number of halogens is 1. The first kappa shape index (κ1) is 14.1. The number of carbonyl (C=O) groups excluding carboxylic acids is 1. The van der Waals surface area contributed by atoms with E-state index in [1.807, 2.05) is 24.3 Å². The molecular formula is C15H10ClN3O3. The molecule has 7 heteroatoms. The van der Waals surface area contributed by atoms with Gasteiger partial charge < -0.3 is 10.3 Å². The van der Waals surface area contributed by atoms with Gasteiger partial charge in [-0.05, 0) is 18.2 Å². The van der Waals surface area contributed by atoms with Crippen molar-refractivity contribution >= 4 is 39.8 Å². The average molecular weight is 316 g/mol. The maximum Gasteiger partial charge on any atom is 0.289 e. The number of aromatic amines is 1. The second-order valence-electron chi connectivity index (χ2n) is 4.63. The summed E-state index contributed by atoms with van der Waals surface area (Å²) in [7, 11) is 0. The molecule has 0 unspecified atom stereocenters. The van der Waals surface area contributed by atoms with Crippen LogP contribution in [-0.2, 0) is 0 Å². The van der Waals surface area contributed by atoms with Gasteiger partial charge in [0.15, 0.2) is 0 Å². The minimum Gasteiger partial charge on any atom is -0.360 e. The molecule has 6 nitrogen and oxygen atoms in total. The SMILES string of the molecule is O=C(Nc1ccc(Cl)c([N+](=O)[O-])c1)c1c[nH]c2ccccc12. The quantitative estimate of drug-likeness (QED) is 0.566. The second-order valence-corrected chi connectivity index (χ2v) is 5.03. The third-order valence-electron chi connectivity index (χ3n) is 3.23. The number of carbonyl (C=O) groups is 1. The summed E-state index contributed by atoms with van der Waals surface area (Å²) in [6.45, 7) is 0. The van der Waals surface area contributed by atoms with E-state index in [0.29, 0.717) is 11.3 Å². The van der Waals surface area contributed by atoms with Gasteiger partial charge in [-0.25, -0.2) is 0 Å². The first-order valence-corrected chi connectivity index (χ1v) is 6.75. The van der Waals surface area contributed by atoms with Crippen LogP contribution >= 0.6 is 11.6 Å². The number of aromatic nitrogens is 1. The molecule has 0 saturated carbocycles. The van der Waals surface area contributed by atoms with Gasteiger partial charge >= 0.3 is 0 Å². The number of hydrogen-bond donors (Lipinski definition) is 2. The molecule has 0 aliphatic rings. The van der Waals surface area contributed by atoms with Crippen LogP contribution in [0, 0.1) is 10.1 Å². The third kappa shape index (κ3) is 2.51. The van der Waals surface area contributed by atoms with Crippen LogP contribution in [0.1, 0.15) is 10.4 Å². The summed E-state index contributed by atoms with van der Waals surface area (Å²) in [5.41, 5.74) is 1.37. The van der Waals surface area contributed by atoms with Crippen molar-refractivity contribution in [3.05, 3.63) is 69.4 Å². The summed E-state index contributed by atoms with van der Waals surface area (Å²) in [4.78, 5) is 25.6. The molecule has 0 atom stereocenters. The highest BCUT2D eigenvalue weighted by atomic mass is 35.5. The zero-order valence-corrected chi connectivity index (χ0v) is 11.9. The molecule has 110 valence electrons. The zero-order valence-electron chi connectivity index (χ0n) is 11.2. The van der Waals surface area contributed by atoms with Gasteiger partial charge in [0.1, 0.15) is 5.02 Å². The predicted molar refractivity (Wildman–Crippen MR) is 84.4 cm³/mol. The highest BCUT2D eigenvalue weighted by Crippen LogP contribution is 2.28. The molecule has 1 amide bonds. The summed E-state index contributed by atoms with van der Waals surface area (Å²) < 4.78 is 0. The van der Waals surface area contributed by atoms with Crippen molar-refractivity contribution in [2.45, 2.75) is 0 Å². The Hall–Kier alpha value is -2.86. The fourth-order valence-corrected chi connectivity index (χ4v) is 2.37. The lowest BCUT2D eigenvalue weighted by atomic mass is 10.1. The van der Waals surface area contributed by atoms with Crippen LogP contribution < -0.4 is 5.32 Å². The molecule has 2 N–H and O–H groups in total. The molecule has 2 aromatic carbocycles. The molecule has 0 aliphatic carbocycles.